The van der Waals surface area contributed by atoms with Crippen molar-refractivity contribution in [3.05, 3.63) is 34.3 Å². The summed E-state index contributed by atoms with van der Waals surface area (Å²) < 4.78 is 1.60. The maximum atomic E-state index is 12.5. The van der Waals surface area contributed by atoms with Crippen molar-refractivity contribution >= 4 is 22.9 Å². The van der Waals surface area contributed by atoms with Gasteiger partial charge in [-0.25, -0.2) is 0 Å². The van der Waals surface area contributed by atoms with Crippen molar-refractivity contribution in [1.29, 1.82) is 0 Å². The Bertz CT molecular complexity index is 618. The molecule has 0 spiro atoms. The zero-order chi connectivity index (χ0) is 14.1. The molecule has 0 radical (unpaired) electrons. The molecule has 6 heteroatoms. The second-order valence-electron chi connectivity index (χ2n) is 5.03. The quantitative estimate of drug-likeness (QED) is 0.941. The third-order valence-corrected chi connectivity index (χ3v) is 4.75. The lowest BCUT2D eigenvalue weighted by atomic mass is 9.98. The normalized spacial score (nSPS) is 18.1. The number of hydrogen-bond donors (Lipinski definition) is 1. The number of thiophene rings is 1. The molecule has 0 aromatic carbocycles. The second-order valence-corrected chi connectivity index (χ2v) is 6.03. The van der Waals surface area contributed by atoms with Gasteiger partial charge in [-0.05, 0) is 29.9 Å². The minimum atomic E-state index is 0.108. The number of amides is 1. The standard InChI is InChI=1S/C14H18N4OS/c1-2-12-11-4-6-20-13(11)3-5-18(12)14(19)9-17-8-10(15)7-16-17/h4,6-8,12H,2-3,5,9,15H2,1H3. The number of anilines is 1. The molecule has 2 aromatic heterocycles. The Labute approximate surface area is 122 Å². The highest BCUT2D eigenvalue weighted by Gasteiger charge is 2.30. The summed E-state index contributed by atoms with van der Waals surface area (Å²) in [5.41, 5.74) is 7.53. The predicted octanol–water partition coefficient (Wildman–Crippen LogP) is 2.06. The van der Waals surface area contributed by atoms with Crippen molar-refractivity contribution in [2.75, 3.05) is 12.3 Å². The second kappa shape index (κ2) is 5.28. The summed E-state index contributed by atoms with van der Waals surface area (Å²) in [7, 11) is 0. The average molecular weight is 290 g/mol. The van der Waals surface area contributed by atoms with E-state index in [0.717, 1.165) is 19.4 Å². The molecule has 1 amide bonds. The van der Waals surface area contributed by atoms with Crippen molar-refractivity contribution in [3.8, 4) is 0 Å². The summed E-state index contributed by atoms with van der Waals surface area (Å²) in [5, 5.41) is 6.20. The minimum Gasteiger partial charge on any atom is -0.396 e. The number of carbonyl (C=O) groups is 1. The molecule has 0 aliphatic carbocycles. The highest BCUT2D eigenvalue weighted by atomic mass is 32.1. The van der Waals surface area contributed by atoms with Crippen LogP contribution in [-0.2, 0) is 17.8 Å². The highest BCUT2D eigenvalue weighted by Crippen LogP contribution is 2.35. The maximum Gasteiger partial charge on any atom is 0.244 e. The van der Waals surface area contributed by atoms with Gasteiger partial charge in [-0.2, -0.15) is 5.10 Å². The van der Waals surface area contributed by atoms with E-state index in [1.165, 1.54) is 10.4 Å². The van der Waals surface area contributed by atoms with Crippen LogP contribution < -0.4 is 5.73 Å². The molecule has 20 heavy (non-hydrogen) atoms. The first-order chi connectivity index (χ1) is 9.69. The Morgan fingerprint density at radius 2 is 2.45 bits per heavy atom. The molecule has 106 valence electrons. The number of nitrogens with zero attached hydrogens (tertiary/aromatic N) is 3. The summed E-state index contributed by atoms with van der Waals surface area (Å²) in [6.07, 6.45) is 5.16. The Hall–Kier alpha value is -1.82. The summed E-state index contributed by atoms with van der Waals surface area (Å²) in [5.74, 6) is 0.108. The van der Waals surface area contributed by atoms with E-state index in [1.54, 1.807) is 28.4 Å². The Balaban J connectivity index is 1.78. The van der Waals surface area contributed by atoms with Gasteiger partial charge in [0.05, 0.1) is 17.9 Å². The molecule has 1 aliphatic rings. The van der Waals surface area contributed by atoms with Gasteiger partial charge in [0.2, 0.25) is 5.91 Å². The first-order valence-corrected chi connectivity index (χ1v) is 7.70. The molecule has 0 fully saturated rings. The van der Waals surface area contributed by atoms with Crippen molar-refractivity contribution in [2.45, 2.75) is 32.4 Å². The molecule has 0 saturated heterocycles. The predicted molar refractivity (Wildman–Crippen MR) is 79.4 cm³/mol. The fourth-order valence-corrected chi connectivity index (χ4v) is 3.76. The lowest BCUT2D eigenvalue weighted by Gasteiger charge is -2.35. The minimum absolute atomic E-state index is 0.108. The molecule has 1 atom stereocenters. The van der Waals surface area contributed by atoms with Crippen LogP contribution in [0.25, 0.3) is 0 Å². The molecule has 3 rings (SSSR count). The average Bonchev–Trinajstić information content (AvgIpc) is 3.06. The van der Waals surface area contributed by atoms with Crippen molar-refractivity contribution in [1.82, 2.24) is 14.7 Å². The van der Waals surface area contributed by atoms with Crippen LogP contribution in [0.4, 0.5) is 5.69 Å². The topological polar surface area (TPSA) is 64.2 Å². The van der Waals surface area contributed by atoms with Crippen molar-refractivity contribution in [3.63, 3.8) is 0 Å². The van der Waals surface area contributed by atoms with E-state index in [4.69, 9.17) is 5.73 Å². The van der Waals surface area contributed by atoms with Gasteiger partial charge in [-0.15, -0.1) is 11.3 Å². The number of fused-ring (bicyclic) bond motifs is 1. The highest BCUT2D eigenvalue weighted by molar-refractivity contribution is 7.10. The monoisotopic (exact) mass is 290 g/mol. The Morgan fingerprint density at radius 1 is 1.60 bits per heavy atom. The van der Waals surface area contributed by atoms with E-state index in [2.05, 4.69) is 23.5 Å². The van der Waals surface area contributed by atoms with Gasteiger partial charge in [0.1, 0.15) is 6.54 Å². The van der Waals surface area contributed by atoms with Crippen molar-refractivity contribution in [2.24, 2.45) is 0 Å². The Morgan fingerprint density at radius 3 is 3.15 bits per heavy atom. The largest absolute Gasteiger partial charge is 0.396 e. The van der Waals surface area contributed by atoms with Gasteiger partial charge >= 0.3 is 0 Å². The molecule has 2 aromatic rings. The molecule has 3 heterocycles. The number of carbonyl (C=O) groups excluding carboxylic acids is 1. The summed E-state index contributed by atoms with van der Waals surface area (Å²) in [6.45, 7) is 3.18. The summed E-state index contributed by atoms with van der Waals surface area (Å²) in [4.78, 5) is 15.9. The van der Waals surface area contributed by atoms with E-state index in [1.807, 2.05) is 4.90 Å². The fourth-order valence-electron chi connectivity index (χ4n) is 2.83. The smallest absolute Gasteiger partial charge is 0.244 e. The van der Waals surface area contributed by atoms with E-state index in [9.17, 15) is 4.79 Å². The molecule has 0 saturated carbocycles. The van der Waals surface area contributed by atoms with Gasteiger partial charge in [-0.3, -0.25) is 9.48 Å². The summed E-state index contributed by atoms with van der Waals surface area (Å²) >= 11 is 1.79. The number of nitrogens with two attached hydrogens (primary N) is 1. The van der Waals surface area contributed by atoms with Crippen LogP contribution in [0.3, 0.4) is 0 Å². The van der Waals surface area contributed by atoms with Crippen LogP contribution in [0.2, 0.25) is 0 Å². The number of aromatic nitrogens is 2. The number of hydrogen-bond acceptors (Lipinski definition) is 4. The summed E-state index contributed by atoms with van der Waals surface area (Å²) in [6, 6.07) is 2.35. The SMILES string of the molecule is CCC1c2ccsc2CCN1C(=O)Cn1cc(N)cn1. The fraction of sp³-hybridized carbons (Fsp3) is 0.429. The lowest BCUT2D eigenvalue weighted by Crippen LogP contribution is -2.41. The van der Waals surface area contributed by atoms with Crippen LogP contribution >= 0.6 is 11.3 Å². The molecular formula is C14H18N4OS. The van der Waals surface area contributed by atoms with Gasteiger partial charge in [0, 0.05) is 17.6 Å². The van der Waals surface area contributed by atoms with Crippen molar-refractivity contribution < 1.29 is 4.79 Å². The van der Waals surface area contributed by atoms with Gasteiger partial charge in [0.25, 0.3) is 0 Å². The van der Waals surface area contributed by atoms with E-state index in [-0.39, 0.29) is 18.5 Å². The molecule has 1 unspecified atom stereocenters. The van der Waals surface area contributed by atoms with E-state index >= 15 is 0 Å². The first kappa shape index (κ1) is 13.2. The molecular weight excluding hydrogens is 272 g/mol. The zero-order valence-electron chi connectivity index (χ0n) is 11.5. The zero-order valence-corrected chi connectivity index (χ0v) is 12.3. The third kappa shape index (κ3) is 2.31. The van der Waals surface area contributed by atoms with Gasteiger partial charge in [-0.1, -0.05) is 6.92 Å². The van der Waals surface area contributed by atoms with Crippen LogP contribution in [0.15, 0.2) is 23.8 Å². The molecule has 0 bridgehead atoms. The third-order valence-electron chi connectivity index (χ3n) is 3.75. The molecule has 2 N–H and O–H groups in total. The van der Waals surface area contributed by atoms with E-state index in [0.29, 0.717) is 5.69 Å². The van der Waals surface area contributed by atoms with Crippen LogP contribution in [-0.4, -0.2) is 27.1 Å². The van der Waals surface area contributed by atoms with Crippen LogP contribution in [0, 0.1) is 0 Å². The van der Waals surface area contributed by atoms with Gasteiger partial charge < -0.3 is 10.6 Å². The molecule has 5 nitrogen and oxygen atoms in total. The lowest BCUT2D eigenvalue weighted by molar-refractivity contribution is -0.135. The van der Waals surface area contributed by atoms with Crippen LogP contribution in [0.1, 0.15) is 29.8 Å². The maximum absolute atomic E-state index is 12.5. The van der Waals surface area contributed by atoms with E-state index < -0.39 is 0 Å². The van der Waals surface area contributed by atoms with Gasteiger partial charge in [0.15, 0.2) is 0 Å². The number of rotatable bonds is 3. The first-order valence-electron chi connectivity index (χ1n) is 6.82. The van der Waals surface area contributed by atoms with Crippen LogP contribution in [0.5, 0.6) is 0 Å². The number of nitrogen functional groups attached to an aromatic ring is 1. The molecule has 1 aliphatic heterocycles. The Kier molecular flexibility index (Phi) is 3.48.